The van der Waals surface area contributed by atoms with E-state index in [1.165, 1.54) is 11.9 Å². The number of carbonyl (C=O) groups excluding carboxylic acids is 2. The first-order chi connectivity index (χ1) is 16.3. The standard InChI is InChI=1S/C28H33NO5/c1-4-17(14-18-10-12-23(31)20-8-6-5-7-19(18)20)9-11-24(32)25-16(2)13-21-26(22(25)15-30)28(34)29(3)27(21)33/h5-8,10,12,14,21-22,24,26,30-32H,4,9,11,13,15H2,1-3H3/b17-14+/t21-,22+,24-,26-/m1/s1. The summed E-state index contributed by atoms with van der Waals surface area (Å²) in [4.78, 5) is 26.4. The Hall–Kier alpha value is -2.96. The number of amides is 2. The van der Waals surface area contributed by atoms with E-state index in [4.69, 9.17) is 0 Å². The first-order valence-corrected chi connectivity index (χ1v) is 12.0. The van der Waals surface area contributed by atoms with Gasteiger partial charge in [-0.25, -0.2) is 0 Å². The van der Waals surface area contributed by atoms with E-state index in [1.807, 2.05) is 37.3 Å². The highest BCUT2D eigenvalue weighted by atomic mass is 16.3. The van der Waals surface area contributed by atoms with Crippen molar-refractivity contribution in [2.75, 3.05) is 13.7 Å². The van der Waals surface area contributed by atoms with Crippen molar-refractivity contribution in [3.05, 3.63) is 58.7 Å². The second-order valence-corrected chi connectivity index (χ2v) is 9.53. The highest BCUT2D eigenvalue weighted by Crippen LogP contribution is 2.45. The number of fused-ring (bicyclic) bond motifs is 2. The van der Waals surface area contributed by atoms with Gasteiger partial charge in [-0.3, -0.25) is 14.5 Å². The number of aliphatic hydroxyl groups excluding tert-OH is 2. The van der Waals surface area contributed by atoms with Gasteiger partial charge in [-0.2, -0.15) is 0 Å². The predicted molar refractivity (Wildman–Crippen MR) is 132 cm³/mol. The van der Waals surface area contributed by atoms with Crippen molar-refractivity contribution in [1.29, 1.82) is 0 Å². The molecule has 1 fully saturated rings. The van der Waals surface area contributed by atoms with Crippen LogP contribution >= 0.6 is 0 Å². The molecular weight excluding hydrogens is 430 g/mol. The number of likely N-dealkylation sites (tertiary alicyclic amines) is 1. The van der Waals surface area contributed by atoms with Gasteiger partial charge in [-0.1, -0.05) is 54.5 Å². The molecule has 4 atom stereocenters. The number of nitrogens with zero attached hydrogens (tertiary/aromatic N) is 1. The Morgan fingerprint density at radius 2 is 1.85 bits per heavy atom. The summed E-state index contributed by atoms with van der Waals surface area (Å²) in [6.45, 7) is 3.70. The summed E-state index contributed by atoms with van der Waals surface area (Å²) in [5.41, 5.74) is 3.79. The van der Waals surface area contributed by atoms with Crippen LogP contribution in [0.1, 0.15) is 45.1 Å². The zero-order chi connectivity index (χ0) is 24.6. The molecule has 34 heavy (non-hydrogen) atoms. The van der Waals surface area contributed by atoms with Gasteiger partial charge in [-0.05, 0) is 55.2 Å². The minimum Gasteiger partial charge on any atom is -0.507 e. The number of aliphatic hydroxyl groups is 2. The van der Waals surface area contributed by atoms with E-state index in [2.05, 4.69) is 13.0 Å². The fraction of sp³-hybridized carbons (Fsp3) is 0.429. The number of carbonyl (C=O) groups is 2. The van der Waals surface area contributed by atoms with E-state index in [0.717, 1.165) is 33.9 Å². The van der Waals surface area contributed by atoms with Crippen LogP contribution in [0.5, 0.6) is 5.75 Å². The molecule has 3 N–H and O–H groups in total. The summed E-state index contributed by atoms with van der Waals surface area (Å²) >= 11 is 0. The lowest BCUT2D eigenvalue weighted by Crippen LogP contribution is -2.38. The van der Waals surface area contributed by atoms with Crippen molar-refractivity contribution in [3.63, 3.8) is 0 Å². The van der Waals surface area contributed by atoms with E-state index in [1.54, 1.807) is 6.07 Å². The maximum Gasteiger partial charge on any atom is 0.233 e. The van der Waals surface area contributed by atoms with Crippen molar-refractivity contribution < 1.29 is 24.9 Å². The molecule has 4 rings (SSSR count). The van der Waals surface area contributed by atoms with Crippen molar-refractivity contribution >= 4 is 28.7 Å². The summed E-state index contributed by atoms with van der Waals surface area (Å²) in [6.07, 6.45) is 3.70. The first kappa shape index (κ1) is 24.2. The molecule has 0 radical (unpaired) electrons. The van der Waals surface area contributed by atoms with Crippen LogP contribution in [0.25, 0.3) is 16.8 Å². The molecule has 0 spiro atoms. The van der Waals surface area contributed by atoms with Crippen molar-refractivity contribution in [2.24, 2.45) is 17.8 Å². The smallest absolute Gasteiger partial charge is 0.233 e. The highest BCUT2D eigenvalue weighted by molar-refractivity contribution is 6.05. The third-order valence-electron chi connectivity index (χ3n) is 7.59. The largest absolute Gasteiger partial charge is 0.507 e. The monoisotopic (exact) mass is 463 g/mol. The normalized spacial score (nSPS) is 24.2. The van der Waals surface area contributed by atoms with Crippen molar-refractivity contribution in [3.8, 4) is 5.75 Å². The average molecular weight is 464 g/mol. The van der Waals surface area contributed by atoms with Gasteiger partial charge < -0.3 is 15.3 Å². The molecule has 1 aliphatic heterocycles. The third kappa shape index (κ3) is 4.17. The number of hydrogen-bond acceptors (Lipinski definition) is 5. The maximum atomic E-state index is 12.7. The summed E-state index contributed by atoms with van der Waals surface area (Å²) in [6, 6.07) is 11.3. The summed E-state index contributed by atoms with van der Waals surface area (Å²) in [5.74, 6) is -1.79. The van der Waals surface area contributed by atoms with Crippen LogP contribution in [0.2, 0.25) is 0 Å². The molecule has 0 bridgehead atoms. The topological polar surface area (TPSA) is 98.1 Å². The number of allylic oxidation sites excluding steroid dienone is 2. The van der Waals surface area contributed by atoms with E-state index in [-0.39, 0.29) is 24.2 Å². The quantitative estimate of drug-likeness (QED) is 0.425. The van der Waals surface area contributed by atoms with Gasteiger partial charge in [0.2, 0.25) is 11.8 Å². The zero-order valence-electron chi connectivity index (χ0n) is 20.0. The van der Waals surface area contributed by atoms with Gasteiger partial charge in [0, 0.05) is 18.4 Å². The molecule has 1 heterocycles. The molecule has 2 aliphatic rings. The van der Waals surface area contributed by atoms with Gasteiger partial charge >= 0.3 is 0 Å². The van der Waals surface area contributed by atoms with Crippen molar-refractivity contribution in [2.45, 2.75) is 45.6 Å². The fourth-order valence-electron chi connectivity index (χ4n) is 5.76. The summed E-state index contributed by atoms with van der Waals surface area (Å²) in [5, 5.41) is 33.3. The van der Waals surface area contributed by atoms with Crippen LogP contribution in [0.4, 0.5) is 0 Å². The second-order valence-electron chi connectivity index (χ2n) is 9.53. The van der Waals surface area contributed by atoms with Crippen LogP contribution in [-0.4, -0.2) is 51.8 Å². The molecule has 0 unspecified atom stereocenters. The average Bonchev–Trinajstić information content (AvgIpc) is 3.05. The zero-order valence-corrected chi connectivity index (χ0v) is 20.0. The molecule has 1 aliphatic carbocycles. The Morgan fingerprint density at radius 3 is 2.53 bits per heavy atom. The van der Waals surface area contributed by atoms with E-state index < -0.39 is 23.9 Å². The van der Waals surface area contributed by atoms with Gasteiger partial charge in [0.15, 0.2) is 0 Å². The van der Waals surface area contributed by atoms with E-state index in [9.17, 15) is 24.9 Å². The third-order valence-corrected chi connectivity index (χ3v) is 7.59. The van der Waals surface area contributed by atoms with Gasteiger partial charge in [0.05, 0.1) is 24.5 Å². The molecular formula is C28H33NO5. The predicted octanol–water partition coefficient (Wildman–Crippen LogP) is 4.04. The molecule has 2 aromatic carbocycles. The molecule has 1 saturated heterocycles. The fourth-order valence-corrected chi connectivity index (χ4v) is 5.76. The number of hydrogen-bond donors (Lipinski definition) is 3. The minimum atomic E-state index is -0.793. The lowest BCUT2D eigenvalue weighted by molar-refractivity contribution is -0.138. The lowest BCUT2D eigenvalue weighted by Gasteiger charge is -2.35. The molecule has 2 amide bonds. The number of rotatable bonds is 7. The van der Waals surface area contributed by atoms with Crippen LogP contribution in [0.15, 0.2) is 53.1 Å². The van der Waals surface area contributed by atoms with Crippen LogP contribution in [-0.2, 0) is 9.59 Å². The number of phenols is 1. The van der Waals surface area contributed by atoms with Gasteiger partial charge in [0.25, 0.3) is 0 Å². The first-order valence-electron chi connectivity index (χ1n) is 12.0. The summed E-state index contributed by atoms with van der Waals surface area (Å²) < 4.78 is 0. The highest BCUT2D eigenvalue weighted by Gasteiger charge is 2.53. The Bertz CT molecular complexity index is 1180. The number of imide groups is 1. The number of phenolic OH excluding ortho intramolecular Hbond substituents is 1. The molecule has 180 valence electrons. The second kappa shape index (κ2) is 9.72. The Morgan fingerprint density at radius 1 is 1.15 bits per heavy atom. The van der Waals surface area contributed by atoms with E-state index >= 15 is 0 Å². The molecule has 2 aromatic rings. The van der Waals surface area contributed by atoms with Gasteiger partial charge in [0.1, 0.15) is 5.75 Å². The summed E-state index contributed by atoms with van der Waals surface area (Å²) in [7, 11) is 1.49. The molecule has 6 nitrogen and oxygen atoms in total. The lowest BCUT2D eigenvalue weighted by atomic mass is 9.68. The van der Waals surface area contributed by atoms with E-state index in [0.29, 0.717) is 24.8 Å². The molecule has 0 saturated carbocycles. The Labute approximate surface area is 200 Å². The number of benzene rings is 2. The van der Waals surface area contributed by atoms with Crippen molar-refractivity contribution in [1.82, 2.24) is 4.90 Å². The Kier molecular flexibility index (Phi) is 6.91. The number of aromatic hydroxyl groups is 1. The molecule has 0 aromatic heterocycles. The van der Waals surface area contributed by atoms with Crippen LogP contribution < -0.4 is 0 Å². The Balaban J connectivity index is 1.56. The SMILES string of the molecule is CC/C(=C\c1ccc(O)c2ccccc12)CC[C@@H](O)C1=C(C)C[C@H]2C(=O)N(C)C(=O)[C@H]2[C@H]1CO. The molecule has 6 heteroatoms. The van der Waals surface area contributed by atoms with Crippen LogP contribution in [0.3, 0.4) is 0 Å². The maximum absolute atomic E-state index is 12.7. The van der Waals surface area contributed by atoms with Gasteiger partial charge in [-0.15, -0.1) is 0 Å². The minimum absolute atomic E-state index is 0.196. The van der Waals surface area contributed by atoms with Crippen LogP contribution in [0, 0.1) is 17.8 Å².